The van der Waals surface area contributed by atoms with Crippen LogP contribution in [0.4, 0.5) is 0 Å². The second-order valence-corrected chi connectivity index (χ2v) is 4.54. The van der Waals surface area contributed by atoms with Crippen molar-refractivity contribution in [1.82, 2.24) is 5.32 Å². The quantitative estimate of drug-likeness (QED) is 0.611. The predicted octanol–water partition coefficient (Wildman–Crippen LogP) is 1.56. The van der Waals surface area contributed by atoms with Gasteiger partial charge in [-0.1, -0.05) is 20.8 Å². The Morgan fingerprint density at radius 3 is 2.55 bits per heavy atom. The SMILES string of the molecule is CC(C)(C)CC1CCNC1=O. The van der Waals surface area contributed by atoms with E-state index in [0.29, 0.717) is 0 Å². The predicted molar refractivity (Wildman–Crippen MR) is 45.2 cm³/mol. The van der Waals surface area contributed by atoms with Crippen LogP contribution in [0.15, 0.2) is 0 Å². The van der Waals surface area contributed by atoms with Crippen LogP contribution < -0.4 is 5.32 Å². The van der Waals surface area contributed by atoms with Crippen LogP contribution in [0.3, 0.4) is 0 Å². The number of carbonyl (C=O) groups excluding carboxylic acids is 1. The third-order valence-corrected chi connectivity index (χ3v) is 2.02. The standard InChI is InChI=1S/C9H17NO/c1-9(2,3)6-7-4-5-10-8(7)11/h7H,4-6H2,1-3H3,(H,10,11). The lowest BCUT2D eigenvalue weighted by atomic mass is 9.84. The first-order valence-electron chi connectivity index (χ1n) is 4.27. The van der Waals surface area contributed by atoms with Crippen LogP contribution in [0.2, 0.25) is 0 Å². The molecule has 1 fully saturated rings. The zero-order valence-electron chi connectivity index (χ0n) is 7.61. The molecule has 1 aliphatic heterocycles. The van der Waals surface area contributed by atoms with Crippen molar-refractivity contribution in [1.29, 1.82) is 0 Å². The van der Waals surface area contributed by atoms with Gasteiger partial charge in [0.25, 0.3) is 0 Å². The molecule has 0 saturated carbocycles. The van der Waals surface area contributed by atoms with Crippen molar-refractivity contribution in [2.75, 3.05) is 6.54 Å². The molecular formula is C9H17NO. The largest absolute Gasteiger partial charge is 0.356 e. The minimum absolute atomic E-state index is 0.250. The molecule has 11 heavy (non-hydrogen) atoms. The number of amides is 1. The van der Waals surface area contributed by atoms with Crippen LogP contribution in [0.1, 0.15) is 33.6 Å². The number of carbonyl (C=O) groups is 1. The zero-order chi connectivity index (χ0) is 8.48. The van der Waals surface area contributed by atoms with E-state index in [1.165, 1.54) is 0 Å². The molecule has 0 aromatic carbocycles. The van der Waals surface area contributed by atoms with Crippen LogP contribution in [0.5, 0.6) is 0 Å². The van der Waals surface area contributed by atoms with Crippen molar-refractivity contribution in [3.63, 3.8) is 0 Å². The molecule has 2 nitrogen and oxygen atoms in total. The van der Waals surface area contributed by atoms with E-state index in [4.69, 9.17) is 0 Å². The van der Waals surface area contributed by atoms with E-state index in [9.17, 15) is 4.79 Å². The second-order valence-electron chi connectivity index (χ2n) is 4.54. The van der Waals surface area contributed by atoms with Crippen LogP contribution in [0.25, 0.3) is 0 Å². The van der Waals surface area contributed by atoms with Crippen LogP contribution in [-0.2, 0) is 4.79 Å². The van der Waals surface area contributed by atoms with Gasteiger partial charge in [0, 0.05) is 12.5 Å². The number of nitrogens with one attached hydrogen (secondary N) is 1. The Labute approximate surface area is 68.4 Å². The van der Waals surface area contributed by atoms with E-state index in [2.05, 4.69) is 26.1 Å². The summed E-state index contributed by atoms with van der Waals surface area (Å²) in [6.07, 6.45) is 2.04. The molecule has 1 saturated heterocycles. The molecule has 1 amide bonds. The van der Waals surface area contributed by atoms with Gasteiger partial charge in [-0.15, -0.1) is 0 Å². The first-order chi connectivity index (χ1) is 4.99. The maximum atomic E-state index is 11.1. The van der Waals surface area contributed by atoms with Gasteiger partial charge in [-0.3, -0.25) is 4.79 Å². The molecule has 0 aliphatic carbocycles. The normalized spacial score (nSPS) is 25.4. The van der Waals surface area contributed by atoms with Crippen molar-refractivity contribution >= 4 is 5.91 Å². The molecule has 1 N–H and O–H groups in total. The molecule has 1 heterocycles. The highest BCUT2D eigenvalue weighted by atomic mass is 16.2. The lowest BCUT2D eigenvalue weighted by molar-refractivity contribution is -0.123. The average molecular weight is 155 g/mol. The molecule has 0 radical (unpaired) electrons. The Kier molecular flexibility index (Phi) is 2.21. The Morgan fingerprint density at radius 2 is 2.18 bits per heavy atom. The summed E-state index contributed by atoms with van der Waals surface area (Å²) in [4.78, 5) is 11.1. The third kappa shape index (κ3) is 2.52. The van der Waals surface area contributed by atoms with Gasteiger partial charge in [-0.2, -0.15) is 0 Å². The molecule has 1 unspecified atom stereocenters. The van der Waals surface area contributed by atoms with Gasteiger partial charge >= 0.3 is 0 Å². The molecular weight excluding hydrogens is 138 g/mol. The summed E-state index contributed by atoms with van der Waals surface area (Å²) in [5.74, 6) is 0.523. The summed E-state index contributed by atoms with van der Waals surface area (Å²) in [5.41, 5.74) is 0.284. The van der Waals surface area contributed by atoms with Crippen LogP contribution >= 0.6 is 0 Å². The third-order valence-electron chi connectivity index (χ3n) is 2.02. The summed E-state index contributed by atoms with van der Waals surface area (Å²) >= 11 is 0. The van der Waals surface area contributed by atoms with Crippen molar-refractivity contribution < 1.29 is 4.79 Å². The molecule has 1 aliphatic rings. The average Bonchev–Trinajstić information content (AvgIpc) is 2.12. The van der Waals surface area contributed by atoms with Crippen molar-refractivity contribution in [2.45, 2.75) is 33.6 Å². The fourth-order valence-electron chi connectivity index (χ4n) is 1.58. The van der Waals surface area contributed by atoms with E-state index < -0.39 is 0 Å². The minimum Gasteiger partial charge on any atom is -0.356 e. The lowest BCUT2D eigenvalue weighted by Gasteiger charge is -2.20. The number of hydrogen-bond acceptors (Lipinski definition) is 1. The first kappa shape index (κ1) is 8.57. The Morgan fingerprint density at radius 1 is 1.55 bits per heavy atom. The summed E-state index contributed by atoms with van der Waals surface area (Å²) in [7, 11) is 0. The monoisotopic (exact) mass is 155 g/mol. The van der Waals surface area contributed by atoms with E-state index in [-0.39, 0.29) is 17.2 Å². The maximum Gasteiger partial charge on any atom is 0.223 e. The van der Waals surface area contributed by atoms with Crippen molar-refractivity contribution in [3.8, 4) is 0 Å². The van der Waals surface area contributed by atoms with E-state index in [0.717, 1.165) is 19.4 Å². The van der Waals surface area contributed by atoms with Crippen molar-refractivity contribution in [2.24, 2.45) is 11.3 Å². The molecule has 0 bridgehead atoms. The maximum absolute atomic E-state index is 11.1. The molecule has 64 valence electrons. The Bertz CT molecular complexity index is 157. The summed E-state index contributed by atoms with van der Waals surface area (Å²) in [6.45, 7) is 7.41. The Balaban J connectivity index is 2.43. The zero-order valence-corrected chi connectivity index (χ0v) is 7.61. The molecule has 0 spiro atoms. The number of rotatable bonds is 1. The highest BCUT2D eigenvalue weighted by molar-refractivity contribution is 5.80. The fourth-order valence-corrected chi connectivity index (χ4v) is 1.58. The summed E-state index contributed by atoms with van der Waals surface area (Å²) in [5, 5.41) is 2.85. The van der Waals surface area contributed by atoms with Gasteiger partial charge in [-0.05, 0) is 18.3 Å². The van der Waals surface area contributed by atoms with E-state index in [1.54, 1.807) is 0 Å². The van der Waals surface area contributed by atoms with E-state index in [1.807, 2.05) is 0 Å². The van der Waals surface area contributed by atoms with Gasteiger partial charge in [0.15, 0.2) is 0 Å². The molecule has 1 rings (SSSR count). The van der Waals surface area contributed by atoms with Crippen LogP contribution in [-0.4, -0.2) is 12.5 Å². The second kappa shape index (κ2) is 2.84. The number of hydrogen-bond donors (Lipinski definition) is 1. The minimum atomic E-state index is 0.250. The molecule has 0 aromatic rings. The summed E-state index contributed by atoms with van der Waals surface area (Å²) < 4.78 is 0. The lowest BCUT2D eigenvalue weighted by Crippen LogP contribution is -2.22. The van der Waals surface area contributed by atoms with Crippen LogP contribution in [0, 0.1) is 11.3 Å². The van der Waals surface area contributed by atoms with Gasteiger partial charge < -0.3 is 5.32 Å². The fraction of sp³-hybridized carbons (Fsp3) is 0.889. The van der Waals surface area contributed by atoms with Crippen molar-refractivity contribution in [3.05, 3.63) is 0 Å². The highest BCUT2D eigenvalue weighted by Crippen LogP contribution is 2.27. The van der Waals surface area contributed by atoms with Gasteiger partial charge in [0.1, 0.15) is 0 Å². The molecule has 1 atom stereocenters. The van der Waals surface area contributed by atoms with E-state index >= 15 is 0 Å². The highest BCUT2D eigenvalue weighted by Gasteiger charge is 2.28. The smallest absolute Gasteiger partial charge is 0.223 e. The Hall–Kier alpha value is -0.530. The molecule has 2 heteroatoms. The van der Waals surface area contributed by atoms with Gasteiger partial charge in [0.05, 0.1) is 0 Å². The summed E-state index contributed by atoms with van der Waals surface area (Å²) in [6, 6.07) is 0. The van der Waals surface area contributed by atoms with Gasteiger partial charge in [-0.25, -0.2) is 0 Å². The van der Waals surface area contributed by atoms with Gasteiger partial charge in [0.2, 0.25) is 5.91 Å². The topological polar surface area (TPSA) is 29.1 Å². The first-order valence-corrected chi connectivity index (χ1v) is 4.27. The molecule has 0 aromatic heterocycles.